The third-order valence-corrected chi connectivity index (χ3v) is 2.81. The second-order valence-corrected chi connectivity index (χ2v) is 4.42. The highest BCUT2D eigenvalue weighted by Crippen LogP contribution is 2.15. The number of ether oxygens (including phenoxy) is 2. The van der Waals surface area contributed by atoms with E-state index in [9.17, 15) is 0 Å². The molecule has 0 heterocycles. The summed E-state index contributed by atoms with van der Waals surface area (Å²) in [5, 5.41) is 0. The normalized spacial score (nSPS) is 12.2. The van der Waals surface area contributed by atoms with Crippen molar-refractivity contribution in [2.45, 2.75) is 32.1 Å². The van der Waals surface area contributed by atoms with Crippen LogP contribution in [0, 0.1) is 0 Å². The molecule has 0 saturated carbocycles. The number of hydrogen-bond acceptors (Lipinski definition) is 3. The van der Waals surface area contributed by atoms with Crippen molar-refractivity contribution >= 4 is 10.2 Å². The van der Waals surface area contributed by atoms with Gasteiger partial charge in [-0.2, -0.15) is 0 Å². The Hall–Kier alpha value is 0.0969. The summed E-state index contributed by atoms with van der Waals surface area (Å²) in [6, 6.07) is 0. The molecule has 0 spiro atoms. The van der Waals surface area contributed by atoms with E-state index in [1.165, 1.54) is 0 Å². The molecule has 0 amide bonds. The molecular formula is C8H21NO2Si. The van der Waals surface area contributed by atoms with Crippen LogP contribution in [0.3, 0.4) is 0 Å². The molecular weight excluding hydrogens is 170 g/mol. The van der Waals surface area contributed by atoms with Crippen molar-refractivity contribution < 1.29 is 9.47 Å². The van der Waals surface area contributed by atoms with E-state index in [2.05, 4.69) is 0 Å². The predicted octanol–water partition coefficient (Wildman–Crippen LogP) is -0.183. The average Bonchev–Trinajstić information content (AvgIpc) is 2.02. The van der Waals surface area contributed by atoms with Crippen molar-refractivity contribution in [2.75, 3.05) is 19.8 Å². The second kappa shape index (κ2) is 6.60. The summed E-state index contributed by atoms with van der Waals surface area (Å²) in [6.07, 6.45) is 1.90. The zero-order valence-electron chi connectivity index (χ0n) is 8.43. The van der Waals surface area contributed by atoms with Crippen LogP contribution >= 0.6 is 0 Å². The molecule has 0 bridgehead atoms. The van der Waals surface area contributed by atoms with Crippen LogP contribution < -0.4 is 5.73 Å². The molecule has 0 saturated heterocycles. The Kier molecular flexibility index (Phi) is 6.65. The Bertz CT molecular complexity index is 105. The maximum Gasteiger partial charge on any atom is 0.141 e. The first-order chi connectivity index (χ1) is 5.68. The minimum absolute atomic E-state index is 0.289. The van der Waals surface area contributed by atoms with Crippen molar-refractivity contribution in [3.63, 3.8) is 0 Å². The van der Waals surface area contributed by atoms with Gasteiger partial charge in [0.05, 0.1) is 10.2 Å². The fourth-order valence-corrected chi connectivity index (χ4v) is 2.15. The maximum absolute atomic E-state index is 5.56. The molecule has 0 aliphatic rings. The van der Waals surface area contributed by atoms with E-state index in [-0.39, 0.29) is 5.41 Å². The molecule has 3 nitrogen and oxygen atoms in total. The molecule has 0 rings (SSSR count). The van der Waals surface area contributed by atoms with Gasteiger partial charge in [0, 0.05) is 13.2 Å². The van der Waals surface area contributed by atoms with Crippen molar-refractivity contribution in [1.29, 1.82) is 0 Å². The summed E-state index contributed by atoms with van der Waals surface area (Å²) < 4.78 is 11.1. The Balaban J connectivity index is 3.80. The summed E-state index contributed by atoms with van der Waals surface area (Å²) in [6.45, 7) is 6.13. The molecule has 74 valence electrons. The van der Waals surface area contributed by atoms with Crippen molar-refractivity contribution in [3.8, 4) is 0 Å². The molecule has 12 heavy (non-hydrogen) atoms. The number of rotatable bonds is 7. The monoisotopic (exact) mass is 191 g/mol. The highest BCUT2D eigenvalue weighted by molar-refractivity contribution is 6.13. The molecule has 4 heteroatoms. The van der Waals surface area contributed by atoms with E-state index < -0.39 is 0 Å². The Morgan fingerprint density at radius 3 is 2.08 bits per heavy atom. The first kappa shape index (κ1) is 12.1. The fraction of sp³-hybridized carbons (Fsp3) is 1.00. The van der Waals surface area contributed by atoms with E-state index in [1.807, 2.05) is 13.8 Å². The molecule has 0 atom stereocenters. The van der Waals surface area contributed by atoms with E-state index in [0.29, 0.717) is 19.8 Å². The summed E-state index contributed by atoms with van der Waals surface area (Å²) >= 11 is 0. The molecule has 0 unspecified atom stereocenters. The molecule has 0 aromatic heterocycles. The van der Waals surface area contributed by atoms with E-state index >= 15 is 0 Å². The van der Waals surface area contributed by atoms with Gasteiger partial charge in [-0.1, -0.05) is 0 Å². The highest BCUT2D eigenvalue weighted by atomic mass is 28.1. The van der Waals surface area contributed by atoms with Crippen LogP contribution in [0.1, 0.15) is 26.7 Å². The lowest BCUT2D eigenvalue weighted by molar-refractivity contribution is -0.176. The van der Waals surface area contributed by atoms with Gasteiger partial charge >= 0.3 is 0 Å². The second-order valence-electron chi connectivity index (χ2n) is 2.89. The Morgan fingerprint density at radius 2 is 1.75 bits per heavy atom. The zero-order valence-corrected chi connectivity index (χ0v) is 10.4. The fourth-order valence-electron chi connectivity index (χ4n) is 1.22. The van der Waals surface area contributed by atoms with Gasteiger partial charge in [-0.15, -0.1) is 0 Å². The molecule has 0 fully saturated rings. The van der Waals surface area contributed by atoms with Crippen molar-refractivity contribution in [1.82, 2.24) is 0 Å². The molecule has 0 aromatic rings. The van der Waals surface area contributed by atoms with Crippen molar-refractivity contribution in [2.24, 2.45) is 5.73 Å². The standard InChI is InChI=1S/C8H21NO2Si/c1-3-10-8(12,11-4-2)6-5-7-9/h3-7,9H2,1-2,12H3. The Labute approximate surface area is 78.0 Å². The topological polar surface area (TPSA) is 44.5 Å². The van der Waals surface area contributed by atoms with Crippen molar-refractivity contribution in [3.05, 3.63) is 0 Å². The summed E-state index contributed by atoms with van der Waals surface area (Å²) in [7, 11) is 0.902. The summed E-state index contributed by atoms with van der Waals surface area (Å²) in [5.41, 5.74) is 5.14. The molecule has 0 radical (unpaired) electrons. The lowest BCUT2D eigenvalue weighted by Gasteiger charge is -2.29. The largest absolute Gasteiger partial charge is 0.355 e. The summed E-state index contributed by atoms with van der Waals surface area (Å²) in [5.74, 6) is 0. The predicted molar refractivity (Wildman–Crippen MR) is 54.2 cm³/mol. The van der Waals surface area contributed by atoms with Gasteiger partial charge in [-0.25, -0.2) is 0 Å². The minimum atomic E-state index is -0.289. The van der Waals surface area contributed by atoms with Gasteiger partial charge in [0.15, 0.2) is 0 Å². The molecule has 0 aromatic carbocycles. The van der Waals surface area contributed by atoms with Crippen LogP contribution in [0.15, 0.2) is 0 Å². The number of hydrogen-bond donors (Lipinski definition) is 1. The quantitative estimate of drug-likeness (QED) is 0.448. The van der Waals surface area contributed by atoms with Crippen LogP contribution in [0.4, 0.5) is 0 Å². The SMILES string of the molecule is CCOC([SiH3])(CCCN)OCC. The third kappa shape index (κ3) is 4.87. The van der Waals surface area contributed by atoms with Gasteiger partial charge in [0.1, 0.15) is 5.41 Å². The smallest absolute Gasteiger partial charge is 0.141 e. The lowest BCUT2D eigenvalue weighted by Crippen LogP contribution is -2.37. The van der Waals surface area contributed by atoms with Crippen LogP contribution in [0.5, 0.6) is 0 Å². The minimum Gasteiger partial charge on any atom is -0.355 e. The average molecular weight is 191 g/mol. The zero-order chi connectivity index (χ0) is 9.45. The van der Waals surface area contributed by atoms with E-state index in [1.54, 1.807) is 0 Å². The van der Waals surface area contributed by atoms with E-state index in [0.717, 1.165) is 23.1 Å². The van der Waals surface area contributed by atoms with Gasteiger partial charge in [-0.3, -0.25) is 0 Å². The molecule has 0 aliphatic carbocycles. The molecule has 2 N–H and O–H groups in total. The molecule has 0 aliphatic heterocycles. The lowest BCUT2D eigenvalue weighted by atomic mass is 10.3. The van der Waals surface area contributed by atoms with Gasteiger partial charge in [-0.05, 0) is 33.2 Å². The van der Waals surface area contributed by atoms with Gasteiger partial charge < -0.3 is 15.2 Å². The van der Waals surface area contributed by atoms with Gasteiger partial charge in [0.2, 0.25) is 0 Å². The maximum atomic E-state index is 5.56. The van der Waals surface area contributed by atoms with Crippen LogP contribution in [-0.2, 0) is 9.47 Å². The van der Waals surface area contributed by atoms with Crippen LogP contribution in [0.25, 0.3) is 0 Å². The Morgan fingerprint density at radius 1 is 1.25 bits per heavy atom. The first-order valence-electron chi connectivity index (χ1n) is 4.66. The number of nitrogens with two attached hydrogens (primary N) is 1. The van der Waals surface area contributed by atoms with Gasteiger partial charge in [0.25, 0.3) is 0 Å². The third-order valence-electron chi connectivity index (χ3n) is 1.73. The summed E-state index contributed by atoms with van der Waals surface area (Å²) in [4.78, 5) is 0. The first-order valence-corrected chi connectivity index (χ1v) is 5.66. The van der Waals surface area contributed by atoms with Crippen LogP contribution in [0.2, 0.25) is 0 Å². The van der Waals surface area contributed by atoms with Crippen LogP contribution in [-0.4, -0.2) is 35.4 Å². The van der Waals surface area contributed by atoms with E-state index in [4.69, 9.17) is 15.2 Å². The highest BCUT2D eigenvalue weighted by Gasteiger charge is 2.22.